The maximum Gasteiger partial charge on any atom is 0.414 e. The topological polar surface area (TPSA) is 131 Å². The van der Waals surface area contributed by atoms with Gasteiger partial charge in [-0.15, -0.1) is 11.3 Å². The molecule has 9 nitrogen and oxygen atoms in total. The number of anilines is 2. The number of hydrogen-bond acceptors (Lipinski definition) is 7. The molecule has 3 aromatic rings. The van der Waals surface area contributed by atoms with E-state index >= 15 is 0 Å². The normalized spacial score (nSPS) is 12.5. The fourth-order valence-electron chi connectivity index (χ4n) is 3.85. The van der Waals surface area contributed by atoms with Crippen molar-refractivity contribution in [1.82, 2.24) is 5.32 Å². The zero-order chi connectivity index (χ0) is 25.9. The average Bonchev–Trinajstić information content (AvgIpc) is 3.40. The molecule has 0 bridgehead atoms. The molecule has 0 fully saturated rings. The van der Waals surface area contributed by atoms with Crippen LogP contribution in [0, 0.1) is 6.92 Å². The number of carbonyl (C=O) groups is 3. The molecular weight excluding hydrogens is 502 g/mol. The van der Waals surface area contributed by atoms with Crippen molar-refractivity contribution >= 4 is 50.0 Å². The third-order valence-corrected chi connectivity index (χ3v) is 8.20. The molecule has 0 unspecified atom stereocenters. The highest BCUT2D eigenvalue weighted by Crippen LogP contribution is 2.39. The Labute approximate surface area is 212 Å². The van der Waals surface area contributed by atoms with Crippen LogP contribution in [0.3, 0.4) is 0 Å². The maximum absolute atomic E-state index is 12.9. The van der Waals surface area contributed by atoms with Crippen LogP contribution in [-0.4, -0.2) is 32.9 Å². The number of hydrogen-bond donors (Lipinski definition) is 3. The fourth-order valence-corrected chi connectivity index (χ4v) is 6.19. The summed E-state index contributed by atoms with van der Waals surface area (Å²) in [5.41, 5.74) is 2.63. The molecule has 0 radical (unpaired) electrons. The second kappa shape index (κ2) is 10.5. The minimum absolute atomic E-state index is 0.127. The Morgan fingerprint density at radius 1 is 0.972 bits per heavy atom. The van der Waals surface area contributed by atoms with E-state index in [2.05, 4.69) is 15.4 Å². The molecule has 0 aliphatic heterocycles. The predicted octanol–water partition coefficient (Wildman–Crippen LogP) is 4.48. The van der Waals surface area contributed by atoms with E-state index in [1.54, 1.807) is 19.1 Å². The van der Waals surface area contributed by atoms with Crippen molar-refractivity contribution in [3.63, 3.8) is 0 Å². The van der Waals surface area contributed by atoms with E-state index in [4.69, 9.17) is 4.74 Å². The van der Waals surface area contributed by atoms with Crippen LogP contribution >= 0.6 is 11.3 Å². The van der Waals surface area contributed by atoms with Gasteiger partial charge < -0.3 is 10.1 Å². The van der Waals surface area contributed by atoms with E-state index in [9.17, 15) is 22.8 Å². The largest absolute Gasteiger partial charge is 0.450 e. The summed E-state index contributed by atoms with van der Waals surface area (Å²) in [4.78, 5) is 38.6. The van der Waals surface area contributed by atoms with Gasteiger partial charge in [-0.1, -0.05) is 17.7 Å². The fraction of sp³-hybridized carbons (Fsp3) is 0.240. The van der Waals surface area contributed by atoms with Crippen molar-refractivity contribution < 1.29 is 27.5 Å². The van der Waals surface area contributed by atoms with Gasteiger partial charge in [0.15, 0.2) is 0 Å². The number of nitrogens with one attached hydrogen (secondary N) is 3. The first-order chi connectivity index (χ1) is 17.2. The molecule has 0 atom stereocenters. The zero-order valence-corrected chi connectivity index (χ0v) is 21.3. The maximum atomic E-state index is 12.9. The van der Waals surface area contributed by atoms with Crippen LogP contribution in [0.1, 0.15) is 50.1 Å². The number of aryl methyl sites for hydroxylation is 2. The van der Waals surface area contributed by atoms with Gasteiger partial charge in [0, 0.05) is 16.1 Å². The van der Waals surface area contributed by atoms with Crippen LogP contribution in [0.4, 0.5) is 15.5 Å². The first-order valence-corrected chi connectivity index (χ1v) is 13.6. The molecule has 0 spiro atoms. The molecule has 3 amide bonds. The van der Waals surface area contributed by atoms with Crippen molar-refractivity contribution in [3.05, 3.63) is 75.7 Å². The highest BCUT2D eigenvalue weighted by Gasteiger charge is 2.28. The lowest BCUT2D eigenvalue weighted by atomic mass is 10.1. The number of alkyl carbamates (subject to hydrolysis) is 1. The van der Waals surface area contributed by atoms with Crippen LogP contribution in [0.15, 0.2) is 53.4 Å². The van der Waals surface area contributed by atoms with Gasteiger partial charge in [-0.25, -0.2) is 13.2 Å². The Kier molecular flexibility index (Phi) is 7.41. The van der Waals surface area contributed by atoms with Crippen molar-refractivity contribution in [2.24, 2.45) is 0 Å². The summed E-state index contributed by atoms with van der Waals surface area (Å²) in [6.07, 6.45) is 1.53. The van der Waals surface area contributed by atoms with Gasteiger partial charge >= 0.3 is 6.09 Å². The van der Waals surface area contributed by atoms with Gasteiger partial charge in [0.2, 0.25) is 0 Å². The summed E-state index contributed by atoms with van der Waals surface area (Å²) in [6.45, 7) is 3.63. The third kappa shape index (κ3) is 5.58. The van der Waals surface area contributed by atoms with Gasteiger partial charge in [0.1, 0.15) is 5.00 Å². The molecule has 36 heavy (non-hydrogen) atoms. The van der Waals surface area contributed by atoms with E-state index in [-0.39, 0.29) is 22.6 Å². The Hall–Kier alpha value is -3.70. The average molecular weight is 528 g/mol. The highest BCUT2D eigenvalue weighted by atomic mass is 32.2. The molecule has 0 saturated heterocycles. The summed E-state index contributed by atoms with van der Waals surface area (Å²) < 4.78 is 32.5. The Morgan fingerprint density at radius 3 is 2.33 bits per heavy atom. The lowest BCUT2D eigenvalue weighted by molar-refractivity contribution is 0.0925. The third-order valence-electron chi connectivity index (χ3n) is 5.60. The number of ether oxygens (including phenoxy) is 1. The van der Waals surface area contributed by atoms with Crippen LogP contribution in [-0.2, 0) is 27.6 Å². The number of amides is 3. The number of rotatable bonds is 7. The zero-order valence-electron chi connectivity index (χ0n) is 19.7. The summed E-state index contributed by atoms with van der Waals surface area (Å²) in [6, 6.07) is 12.4. The lowest BCUT2D eigenvalue weighted by Gasteiger charge is -2.10. The van der Waals surface area contributed by atoms with E-state index in [1.165, 1.54) is 47.7 Å². The van der Waals surface area contributed by atoms with E-state index in [0.717, 1.165) is 28.8 Å². The second-order valence-electron chi connectivity index (χ2n) is 8.19. The summed E-state index contributed by atoms with van der Waals surface area (Å²) >= 11 is 1.31. The minimum Gasteiger partial charge on any atom is -0.450 e. The number of sulfonamides is 1. The SMILES string of the molecule is CCOC(=O)NC(=O)c1c(NC(=O)c2ccc(NS(=O)(=O)c3ccc(C)cc3)cc2)sc2c1CCC2. The van der Waals surface area contributed by atoms with Gasteiger partial charge in [-0.3, -0.25) is 19.6 Å². The monoisotopic (exact) mass is 527 g/mol. The van der Waals surface area contributed by atoms with Crippen LogP contribution in [0.2, 0.25) is 0 Å². The number of imide groups is 1. The van der Waals surface area contributed by atoms with Gasteiger partial charge in [-0.05, 0) is 75.1 Å². The van der Waals surface area contributed by atoms with Crippen molar-refractivity contribution in [2.75, 3.05) is 16.6 Å². The number of thiophene rings is 1. The van der Waals surface area contributed by atoms with E-state index in [0.29, 0.717) is 17.1 Å². The lowest BCUT2D eigenvalue weighted by Crippen LogP contribution is -2.32. The minimum atomic E-state index is -3.77. The van der Waals surface area contributed by atoms with Crippen molar-refractivity contribution in [2.45, 2.75) is 38.0 Å². The number of fused-ring (bicyclic) bond motifs is 1. The number of carbonyl (C=O) groups excluding carboxylic acids is 3. The molecule has 1 aromatic heterocycles. The first-order valence-electron chi connectivity index (χ1n) is 11.3. The van der Waals surface area contributed by atoms with Crippen LogP contribution < -0.4 is 15.4 Å². The van der Waals surface area contributed by atoms with Crippen LogP contribution in [0.25, 0.3) is 0 Å². The standard InChI is InChI=1S/C25H25N3O6S2/c1-3-34-25(31)27-23(30)21-19-5-4-6-20(19)35-24(21)26-22(29)16-9-11-17(12-10-16)28-36(32,33)18-13-7-15(2)8-14-18/h7-14,28H,3-6H2,1-2H3,(H,26,29)(H,27,30,31). The van der Waals surface area contributed by atoms with Crippen LogP contribution in [0.5, 0.6) is 0 Å². The number of benzene rings is 2. The van der Waals surface area contributed by atoms with Gasteiger partial charge in [-0.2, -0.15) is 0 Å². The summed E-state index contributed by atoms with van der Waals surface area (Å²) in [5.74, 6) is -1.09. The molecule has 0 saturated carbocycles. The first kappa shape index (κ1) is 25.4. The molecule has 188 valence electrons. The molecule has 1 heterocycles. The van der Waals surface area contributed by atoms with Gasteiger partial charge in [0.25, 0.3) is 21.8 Å². The molecule has 11 heteroatoms. The molecule has 1 aliphatic rings. The highest BCUT2D eigenvalue weighted by molar-refractivity contribution is 7.92. The quantitative estimate of drug-likeness (QED) is 0.415. The molecule has 4 rings (SSSR count). The molecule has 2 aromatic carbocycles. The van der Waals surface area contributed by atoms with Gasteiger partial charge in [0.05, 0.1) is 17.1 Å². The van der Waals surface area contributed by atoms with Crippen molar-refractivity contribution in [3.8, 4) is 0 Å². The summed E-state index contributed by atoms with van der Waals surface area (Å²) in [5, 5.41) is 5.33. The molecular formula is C25H25N3O6S2. The predicted molar refractivity (Wildman–Crippen MR) is 137 cm³/mol. The Balaban J connectivity index is 1.49. The molecule has 1 aliphatic carbocycles. The van der Waals surface area contributed by atoms with E-state index < -0.39 is 27.9 Å². The van der Waals surface area contributed by atoms with Crippen molar-refractivity contribution in [1.29, 1.82) is 0 Å². The smallest absolute Gasteiger partial charge is 0.414 e. The Morgan fingerprint density at radius 2 is 1.67 bits per heavy atom. The summed E-state index contributed by atoms with van der Waals surface area (Å²) in [7, 11) is -3.77. The molecule has 3 N–H and O–H groups in total. The van der Waals surface area contributed by atoms with E-state index in [1.807, 2.05) is 6.92 Å². The second-order valence-corrected chi connectivity index (χ2v) is 11.0. The Bertz CT molecular complexity index is 1410.